The first kappa shape index (κ1) is 17.4. The van der Waals surface area contributed by atoms with Gasteiger partial charge in [0.1, 0.15) is 6.61 Å². The Morgan fingerprint density at radius 3 is 2.29 bits per heavy atom. The third kappa shape index (κ3) is 6.09. The summed E-state index contributed by atoms with van der Waals surface area (Å²) < 4.78 is 11.1. The van der Waals surface area contributed by atoms with Gasteiger partial charge >= 0.3 is 6.01 Å². The fourth-order valence-corrected chi connectivity index (χ4v) is 1.60. The molecule has 0 aromatic carbocycles. The second-order valence-corrected chi connectivity index (χ2v) is 5.37. The Morgan fingerprint density at radius 1 is 1.10 bits per heavy atom. The number of nitrogens with zero attached hydrogens (tertiary/aromatic N) is 4. The van der Waals surface area contributed by atoms with E-state index < -0.39 is 0 Å². The van der Waals surface area contributed by atoms with Crippen LogP contribution in [0.15, 0.2) is 0 Å². The molecule has 8 heteroatoms. The summed E-state index contributed by atoms with van der Waals surface area (Å²) in [4.78, 5) is 14.6. The van der Waals surface area contributed by atoms with Crippen LogP contribution in [-0.2, 0) is 4.74 Å². The summed E-state index contributed by atoms with van der Waals surface area (Å²) in [5.41, 5.74) is 2.23. The molecular formula is C13H26N6O2. The van der Waals surface area contributed by atoms with Crippen molar-refractivity contribution in [3.05, 3.63) is 0 Å². The van der Waals surface area contributed by atoms with E-state index in [0.29, 0.717) is 19.2 Å². The van der Waals surface area contributed by atoms with E-state index in [1.165, 1.54) is 0 Å². The number of hydrazine groups is 1. The average Bonchev–Trinajstić information content (AvgIpc) is 2.44. The van der Waals surface area contributed by atoms with Crippen LogP contribution in [-0.4, -0.2) is 46.9 Å². The molecule has 0 bridgehead atoms. The average molecular weight is 298 g/mol. The fourth-order valence-electron chi connectivity index (χ4n) is 1.60. The van der Waals surface area contributed by atoms with Gasteiger partial charge < -0.3 is 14.4 Å². The lowest BCUT2D eigenvalue weighted by molar-refractivity contribution is -0.0173. The summed E-state index contributed by atoms with van der Waals surface area (Å²) in [6.07, 6.45) is 0. The summed E-state index contributed by atoms with van der Waals surface area (Å²) in [6.45, 7) is 12.4. The molecule has 0 aliphatic carbocycles. The van der Waals surface area contributed by atoms with Crippen LogP contribution in [0.4, 0.5) is 11.9 Å². The monoisotopic (exact) mass is 298 g/mol. The minimum Gasteiger partial charge on any atom is -0.461 e. The highest BCUT2D eigenvalue weighted by molar-refractivity contribution is 5.37. The smallest absolute Gasteiger partial charge is 0.323 e. The van der Waals surface area contributed by atoms with Crippen LogP contribution in [0, 0.1) is 0 Å². The lowest BCUT2D eigenvalue weighted by atomic mass is 10.2. The lowest BCUT2D eigenvalue weighted by Crippen LogP contribution is -2.26. The topological polar surface area (TPSA) is 98.4 Å². The predicted molar refractivity (Wildman–Crippen MR) is 82.4 cm³/mol. The first-order valence-electron chi connectivity index (χ1n) is 7.14. The molecule has 1 rings (SSSR count). The maximum atomic E-state index is 5.58. The molecule has 0 unspecified atom stereocenters. The van der Waals surface area contributed by atoms with E-state index in [9.17, 15) is 0 Å². The Kier molecular flexibility index (Phi) is 6.57. The zero-order chi connectivity index (χ0) is 15.9. The molecule has 1 aromatic rings. The van der Waals surface area contributed by atoms with Crippen molar-refractivity contribution in [1.29, 1.82) is 0 Å². The molecule has 21 heavy (non-hydrogen) atoms. The van der Waals surface area contributed by atoms with Gasteiger partial charge in [-0.15, -0.1) is 0 Å². The Balaban J connectivity index is 2.70. The highest BCUT2D eigenvalue weighted by Gasteiger charge is 2.13. The summed E-state index contributed by atoms with van der Waals surface area (Å²) in [7, 11) is 0. The van der Waals surface area contributed by atoms with Gasteiger partial charge in [-0.3, -0.25) is 5.43 Å². The van der Waals surface area contributed by atoms with E-state index in [1.54, 1.807) is 0 Å². The van der Waals surface area contributed by atoms with Gasteiger partial charge in [-0.1, -0.05) is 0 Å². The van der Waals surface area contributed by atoms with E-state index in [2.05, 4.69) is 20.4 Å². The Bertz CT molecular complexity index is 431. The SMILES string of the molecule is CCN(CC)c1nc(NN)nc(OCCOC(C)(C)C)n1. The van der Waals surface area contributed by atoms with Gasteiger partial charge in [0.25, 0.3) is 0 Å². The zero-order valence-electron chi connectivity index (χ0n) is 13.5. The number of nitrogens with two attached hydrogens (primary N) is 1. The molecule has 0 aliphatic heterocycles. The second-order valence-electron chi connectivity index (χ2n) is 5.37. The van der Waals surface area contributed by atoms with Gasteiger partial charge in [-0.05, 0) is 34.6 Å². The number of anilines is 2. The van der Waals surface area contributed by atoms with Crippen LogP contribution in [0.5, 0.6) is 6.01 Å². The fraction of sp³-hybridized carbons (Fsp3) is 0.769. The summed E-state index contributed by atoms with van der Waals surface area (Å²) in [6, 6.07) is 0.234. The number of hydrogen-bond donors (Lipinski definition) is 2. The number of ether oxygens (including phenoxy) is 2. The van der Waals surface area contributed by atoms with E-state index in [-0.39, 0.29) is 17.6 Å². The van der Waals surface area contributed by atoms with Crippen molar-refractivity contribution in [2.45, 2.75) is 40.2 Å². The van der Waals surface area contributed by atoms with Crippen LogP contribution >= 0.6 is 0 Å². The molecule has 0 saturated heterocycles. The van der Waals surface area contributed by atoms with Crippen molar-refractivity contribution >= 4 is 11.9 Å². The van der Waals surface area contributed by atoms with Crippen LogP contribution < -0.4 is 20.9 Å². The molecule has 120 valence electrons. The zero-order valence-corrected chi connectivity index (χ0v) is 13.5. The number of nitrogens with one attached hydrogen (secondary N) is 1. The molecule has 8 nitrogen and oxygen atoms in total. The number of hydrogen-bond acceptors (Lipinski definition) is 8. The van der Waals surface area contributed by atoms with Crippen molar-refractivity contribution < 1.29 is 9.47 Å². The van der Waals surface area contributed by atoms with E-state index in [1.807, 2.05) is 39.5 Å². The Hall–Kier alpha value is -1.67. The molecule has 0 fully saturated rings. The van der Waals surface area contributed by atoms with Crippen LogP contribution in [0.3, 0.4) is 0 Å². The predicted octanol–water partition coefficient (Wildman–Crippen LogP) is 1.20. The van der Waals surface area contributed by atoms with Gasteiger partial charge in [0.15, 0.2) is 0 Å². The molecule has 0 atom stereocenters. The maximum Gasteiger partial charge on any atom is 0.323 e. The second kappa shape index (κ2) is 7.94. The standard InChI is InChI=1S/C13H26N6O2/c1-6-19(7-2)11-15-10(18-14)16-12(17-11)20-8-9-21-13(3,4)5/h6-9,14H2,1-5H3,(H,15,16,17,18). The highest BCUT2D eigenvalue weighted by atomic mass is 16.5. The normalized spacial score (nSPS) is 11.3. The molecule has 0 radical (unpaired) electrons. The number of aromatic nitrogens is 3. The molecule has 0 spiro atoms. The maximum absolute atomic E-state index is 5.58. The first-order valence-corrected chi connectivity index (χ1v) is 7.14. The van der Waals surface area contributed by atoms with Crippen molar-refractivity contribution in [2.24, 2.45) is 5.84 Å². The van der Waals surface area contributed by atoms with Crippen molar-refractivity contribution in [1.82, 2.24) is 15.0 Å². The lowest BCUT2D eigenvalue weighted by Gasteiger charge is -2.20. The van der Waals surface area contributed by atoms with Crippen LogP contribution in [0.1, 0.15) is 34.6 Å². The summed E-state index contributed by atoms with van der Waals surface area (Å²) in [5, 5.41) is 0. The number of nitrogen functional groups attached to an aromatic ring is 1. The Labute approximate surface area is 126 Å². The molecule has 1 heterocycles. The van der Waals surface area contributed by atoms with E-state index >= 15 is 0 Å². The van der Waals surface area contributed by atoms with Gasteiger partial charge in [0.05, 0.1) is 12.2 Å². The molecule has 0 aliphatic rings. The molecule has 0 saturated carbocycles. The minimum absolute atomic E-state index is 0.196. The van der Waals surface area contributed by atoms with Gasteiger partial charge in [-0.25, -0.2) is 5.84 Å². The third-order valence-electron chi connectivity index (χ3n) is 2.63. The first-order chi connectivity index (χ1) is 9.89. The minimum atomic E-state index is -0.196. The van der Waals surface area contributed by atoms with E-state index in [0.717, 1.165) is 13.1 Å². The summed E-state index contributed by atoms with van der Waals surface area (Å²) >= 11 is 0. The molecular weight excluding hydrogens is 272 g/mol. The summed E-state index contributed by atoms with van der Waals surface area (Å²) in [5.74, 6) is 6.19. The molecule has 1 aromatic heterocycles. The van der Waals surface area contributed by atoms with Crippen LogP contribution in [0.25, 0.3) is 0 Å². The van der Waals surface area contributed by atoms with Crippen molar-refractivity contribution in [3.63, 3.8) is 0 Å². The van der Waals surface area contributed by atoms with Gasteiger partial charge in [-0.2, -0.15) is 15.0 Å². The van der Waals surface area contributed by atoms with Gasteiger partial charge in [0.2, 0.25) is 11.9 Å². The highest BCUT2D eigenvalue weighted by Crippen LogP contribution is 2.14. The third-order valence-corrected chi connectivity index (χ3v) is 2.63. The molecule has 0 amide bonds. The van der Waals surface area contributed by atoms with Crippen molar-refractivity contribution in [2.75, 3.05) is 36.6 Å². The van der Waals surface area contributed by atoms with E-state index in [4.69, 9.17) is 15.3 Å². The Morgan fingerprint density at radius 2 is 1.76 bits per heavy atom. The quantitative estimate of drug-likeness (QED) is 0.419. The number of rotatable bonds is 8. The van der Waals surface area contributed by atoms with Gasteiger partial charge in [0, 0.05) is 13.1 Å². The van der Waals surface area contributed by atoms with Crippen molar-refractivity contribution in [3.8, 4) is 6.01 Å². The molecule has 3 N–H and O–H groups in total. The van der Waals surface area contributed by atoms with Crippen LogP contribution in [0.2, 0.25) is 0 Å². The largest absolute Gasteiger partial charge is 0.461 e.